The average molecular weight is 444 g/mol. The minimum Gasteiger partial charge on any atom is -0.493 e. The van der Waals surface area contributed by atoms with Gasteiger partial charge in [-0.05, 0) is 54.9 Å². The first kappa shape index (κ1) is 22.0. The van der Waals surface area contributed by atoms with Gasteiger partial charge >= 0.3 is 0 Å². The molecule has 2 aromatic carbocycles. The van der Waals surface area contributed by atoms with Crippen LogP contribution in [-0.2, 0) is 16.4 Å². The molecule has 0 saturated heterocycles. The predicted octanol–water partition coefficient (Wildman–Crippen LogP) is 4.87. The summed E-state index contributed by atoms with van der Waals surface area (Å²) in [5, 5.41) is 0. The van der Waals surface area contributed by atoms with Crippen LogP contribution in [-0.4, -0.2) is 25.0 Å². The molecule has 8 heteroatoms. The van der Waals surface area contributed by atoms with Crippen LogP contribution in [0.1, 0.15) is 30.5 Å². The first-order valence-electron chi connectivity index (χ1n) is 9.62. The van der Waals surface area contributed by atoms with Crippen molar-refractivity contribution in [3.8, 4) is 5.75 Å². The third kappa shape index (κ3) is 5.90. The first-order chi connectivity index (χ1) is 14.2. The molecular weight excluding hydrogens is 418 g/mol. The Bertz CT molecular complexity index is 1150. The van der Waals surface area contributed by atoms with Crippen molar-refractivity contribution in [2.24, 2.45) is 5.92 Å². The van der Waals surface area contributed by atoms with E-state index in [2.05, 4.69) is 28.5 Å². The average Bonchev–Trinajstić information content (AvgIpc) is 2.69. The molecule has 0 bridgehead atoms. The van der Waals surface area contributed by atoms with E-state index in [0.29, 0.717) is 30.3 Å². The van der Waals surface area contributed by atoms with Crippen LogP contribution in [0.25, 0.3) is 0 Å². The SMILES string of the molecule is Cc1ccc(S(=O)(=O)Nc2[nH]c(=S)ncc2Cc2ccc(OCC(C)C)cc2)cc1. The van der Waals surface area contributed by atoms with Crippen molar-refractivity contribution in [2.45, 2.75) is 32.1 Å². The zero-order valence-corrected chi connectivity index (χ0v) is 18.8. The standard InChI is InChI=1S/C22H25N3O3S2/c1-15(2)14-28-19-8-6-17(7-9-19)12-18-13-23-22(29)24-21(18)25-30(26,27)20-10-4-16(3)5-11-20/h4-11,13,15H,12,14H2,1-3H3,(H2,23,24,25,29). The van der Waals surface area contributed by atoms with Crippen LogP contribution >= 0.6 is 12.2 Å². The maximum absolute atomic E-state index is 12.8. The lowest BCUT2D eigenvalue weighted by atomic mass is 10.1. The van der Waals surface area contributed by atoms with E-state index in [0.717, 1.165) is 16.9 Å². The lowest BCUT2D eigenvalue weighted by Crippen LogP contribution is -2.16. The number of aromatic nitrogens is 2. The third-order valence-electron chi connectivity index (χ3n) is 4.36. The molecule has 0 aliphatic rings. The number of anilines is 1. The summed E-state index contributed by atoms with van der Waals surface area (Å²) in [6.07, 6.45) is 2.07. The molecule has 3 rings (SSSR count). The number of aryl methyl sites for hydroxylation is 1. The van der Waals surface area contributed by atoms with Crippen LogP contribution < -0.4 is 9.46 Å². The fourth-order valence-electron chi connectivity index (χ4n) is 2.74. The Kier molecular flexibility index (Phi) is 6.89. The van der Waals surface area contributed by atoms with Crippen molar-refractivity contribution in [1.82, 2.24) is 9.97 Å². The van der Waals surface area contributed by atoms with Crippen LogP contribution in [0.5, 0.6) is 5.75 Å². The summed E-state index contributed by atoms with van der Waals surface area (Å²) in [6, 6.07) is 14.4. The molecule has 1 heterocycles. The van der Waals surface area contributed by atoms with E-state index in [1.807, 2.05) is 31.2 Å². The lowest BCUT2D eigenvalue weighted by molar-refractivity contribution is 0.271. The van der Waals surface area contributed by atoms with Gasteiger partial charge in [0.1, 0.15) is 11.6 Å². The number of aromatic amines is 1. The fraction of sp³-hybridized carbons (Fsp3) is 0.273. The van der Waals surface area contributed by atoms with E-state index >= 15 is 0 Å². The molecule has 0 aliphatic heterocycles. The fourth-order valence-corrected chi connectivity index (χ4v) is 3.96. The second-order valence-corrected chi connectivity index (χ2v) is 9.60. The van der Waals surface area contributed by atoms with Gasteiger partial charge in [0.15, 0.2) is 4.77 Å². The zero-order chi connectivity index (χ0) is 21.7. The molecular formula is C22H25N3O3S2. The quantitative estimate of drug-likeness (QED) is 0.485. The maximum atomic E-state index is 12.8. The van der Waals surface area contributed by atoms with Crippen molar-refractivity contribution in [3.05, 3.63) is 76.2 Å². The summed E-state index contributed by atoms with van der Waals surface area (Å²) in [5.41, 5.74) is 2.67. The van der Waals surface area contributed by atoms with E-state index in [-0.39, 0.29) is 9.67 Å². The van der Waals surface area contributed by atoms with Gasteiger partial charge in [0.25, 0.3) is 10.0 Å². The summed E-state index contributed by atoms with van der Waals surface area (Å²) in [4.78, 5) is 7.16. The number of hydrogen-bond acceptors (Lipinski definition) is 5. The molecule has 0 radical (unpaired) electrons. The summed E-state index contributed by atoms with van der Waals surface area (Å²) in [6.45, 7) is 6.75. The molecule has 1 aromatic heterocycles. The van der Waals surface area contributed by atoms with Crippen molar-refractivity contribution < 1.29 is 13.2 Å². The monoisotopic (exact) mass is 443 g/mol. The van der Waals surface area contributed by atoms with Gasteiger partial charge in [0.05, 0.1) is 11.5 Å². The number of H-pyrrole nitrogens is 1. The third-order valence-corrected chi connectivity index (χ3v) is 5.93. The number of ether oxygens (including phenoxy) is 1. The Morgan fingerprint density at radius 3 is 2.40 bits per heavy atom. The topological polar surface area (TPSA) is 84.1 Å². The van der Waals surface area contributed by atoms with Gasteiger partial charge in [0.2, 0.25) is 0 Å². The molecule has 6 nitrogen and oxygen atoms in total. The highest BCUT2D eigenvalue weighted by atomic mass is 32.2. The molecule has 3 aromatic rings. The largest absolute Gasteiger partial charge is 0.493 e. The Balaban J connectivity index is 1.82. The Hall–Kier alpha value is -2.71. The number of nitrogens with one attached hydrogen (secondary N) is 2. The molecule has 0 aliphatic carbocycles. The highest BCUT2D eigenvalue weighted by Crippen LogP contribution is 2.22. The zero-order valence-electron chi connectivity index (χ0n) is 17.2. The summed E-state index contributed by atoms with van der Waals surface area (Å²) < 4.78 is 34.1. The van der Waals surface area contributed by atoms with Gasteiger partial charge in [-0.3, -0.25) is 4.72 Å². The summed E-state index contributed by atoms with van der Waals surface area (Å²) in [7, 11) is -3.76. The number of hydrogen-bond donors (Lipinski definition) is 2. The summed E-state index contributed by atoms with van der Waals surface area (Å²) >= 11 is 5.10. The van der Waals surface area contributed by atoms with Crippen LogP contribution in [0.15, 0.2) is 59.6 Å². The molecule has 0 unspecified atom stereocenters. The van der Waals surface area contributed by atoms with Gasteiger partial charge in [-0.2, -0.15) is 0 Å². The van der Waals surface area contributed by atoms with E-state index < -0.39 is 10.0 Å². The second-order valence-electron chi connectivity index (χ2n) is 7.53. The molecule has 30 heavy (non-hydrogen) atoms. The van der Waals surface area contributed by atoms with E-state index in [1.165, 1.54) is 0 Å². The Labute approximate surface area is 182 Å². The molecule has 158 valence electrons. The van der Waals surface area contributed by atoms with E-state index in [1.54, 1.807) is 30.5 Å². The minimum absolute atomic E-state index is 0.182. The minimum atomic E-state index is -3.76. The molecule has 0 spiro atoms. The summed E-state index contributed by atoms with van der Waals surface area (Å²) in [5.74, 6) is 1.57. The lowest BCUT2D eigenvalue weighted by Gasteiger charge is -2.13. The molecule has 0 saturated carbocycles. The van der Waals surface area contributed by atoms with Crippen LogP contribution in [0.2, 0.25) is 0 Å². The van der Waals surface area contributed by atoms with Crippen molar-refractivity contribution in [1.29, 1.82) is 0 Å². The van der Waals surface area contributed by atoms with E-state index in [4.69, 9.17) is 17.0 Å². The highest BCUT2D eigenvalue weighted by Gasteiger charge is 2.17. The van der Waals surface area contributed by atoms with Gasteiger partial charge in [-0.1, -0.05) is 43.7 Å². The van der Waals surface area contributed by atoms with Gasteiger partial charge in [-0.25, -0.2) is 13.4 Å². The molecule has 2 N–H and O–H groups in total. The van der Waals surface area contributed by atoms with E-state index in [9.17, 15) is 8.42 Å². The van der Waals surface area contributed by atoms with Crippen LogP contribution in [0, 0.1) is 17.6 Å². The molecule has 0 amide bonds. The smallest absolute Gasteiger partial charge is 0.263 e. The van der Waals surface area contributed by atoms with Gasteiger partial charge in [0, 0.05) is 18.2 Å². The highest BCUT2D eigenvalue weighted by molar-refractivity contribution is 7.92. The van der Waals surface area contributed by atoms with Crippen LogP contribution in [0.4, 0.5) is 5.82 Å². The molecule has 0 atom stereocenters. The number of rotatable bonds is 8. The van der Waals surface area contributed by atoms with Crippen LogP contribution in [0.3, 0.4) is 0 Å². The van der Waals surface area contributed by atoms with Gasteiger partial charge in [-0.15, -0.1) is 0 Å². The van der Waals surface area contributed by atoms with Gasteiger partial charge < -0.3 is 9.72 Å². The number of nitrogens with zero attached hydrogens (tertiary/aromatic N) is 1. The predicted molar refractivity (Wildman–Crippen MR) is 121 cm³/mol. The number of benzene rings is 2. The molecule has 0 fully saturated rings. The van der Waals surface area contributed by atoms with Crippen molar-refractivity contribution in [2.75, 3.05) is 11.3 Å². The van der Waals surface area contributed by atoms with Crippen molar-refractivity contribution >= 4 is 28.1 Å². The normalized spacial score (nSPS) is 11.5. The second kappa shape index (κ2) is 9.40. The first-order valence-corrected chi connectivity index (χ1v) is 11.5. The number of sulfonamides is 1. The Morgan fingerprint density at radius 1 is 1.10 bits per heavy atom. The Morgan fingerprint density at radius 2 is 1.77 bits per heavy atom. The maximum Gasteiger partial charge on any atom is 0.263 e. The van der Waals surface area contributed by atoms with Crippen molar-refractivity contribution in [3.63, 3.8) is 0 Å².